The molecule has 0 saturated heterocycles. The zero-order valence-corrected chi connectivity index (χ0v) is 6.32. The van der Waals surface area contributed by atoms with Crippen molar-refractivity contribution in [2.45, 2.75) is 0 Å². The molecule has 2 rings (SSSR count). The third-order valence-corrected chi connectivity index (χ3v) is 2.40. The van der Waals surface area contributed by atoms with Gasteiger partial charge in [-0.25, -0.2) is 0 Å². The molecule has 0 bridgehead atoms. The molecular formula is C9H7S. The summed E-state index contributed by atoms with van der Waals surface area (Å²) in [7, 11) is 0. The van der Waals surface area contributed by atoms with Crippen molar-refractivity contribution in [1.29, 1.82) is 0 Å². The second-order valence-electron chi connectivity index (χ2n) is 2.29. The van der Waals surface area contributed by atoms with E-state index in [1.807, 2.05) is 6.07 Å². The largest absolute Gasteiger partial charge is 0.144 e. The van der Waals surface area contributed by atoms with Crippen molar-refractivity contribution < 1.29 is 0 Å². The van der Waals surface area contributed by atoms with Crippen molar-refractivity contribution in [1.82, 2.24) is 0 Å². The summed E-state index contributed by atoms with van der Waals surface area (Å²) in [6, 6.07) is 8.38. The van der Waals surface area contributed by atoms with E-state index in [-0.39, 0.29) is 0 Å². The molecule has 10 heavy (non-hydrogen) atoms. The topological polar surface area (TPSA) is 0 Å². The number of thiophene rings is 1. The molecule has 1 radical (unpaired) electrons. The van der Waals surface area contributed by atoms with Crippen LogP contribution in [0, 0.1) is 6.92 Å². The highest BCUT2D eigenvalue weighted by molar-refractivity contribution is 7.17. The Morgan fingerprint density at radius 2 is 2.10 bits per heavy atom. The van der Waals surface area contributed by atoms with E-state index in [9.17, 15) is 0 Å². The van der Waals surface area contributed by atoms with Gasteiger partial charge in [0, 0.05) is 4.70 Å². The Kier molecular flexibility index (Phi) is 1.24. The summed E-state index contributed by atoms with van der Waals surface area (Å²) in [5.74, 6) is 0. The van der Waals surface area contributed by atoms with Gasteiger partial charge in [-0.05, 0) is 35.4 Å². The molecule has 0 spiro atoms. The summed E-state index contributed by atoms with van der Waals surface area (Å²) in [4.78, 5) is 0. The molecule has 0 aliphatic carbocycles. The second kappa shape index (κ2) is 2.10. The Morgan fingerprint density at radius 1 is 1.20 bits per heavy atom. The van der Waals surface area contributed by atoms with E-state index in [2.05, 4.69) is 30.5 Å². The molecular weight excluding hydrogens is 140 g/mol. The SMILES string of the molecule is [CH2]c1ccc2ccsc2c1. The van der Waals surface area contributed by atoms with Gasteiger partial charge < -0.3 is 0 Å². The van der Waals surface area contributed by atoms with Gasteiger partial charge in [0.1, 0.15) is 0 Å². The maximum absolute atomic E-state index is 3.86. The number of benzene rings is 1. The van der Waals surface area contributed by atoms with E-state index < -0.39 is 0 Å². The second-order valence-corrected chi connectivity index (χ2v) is 3.24. The van der Waals surface area contributed by atoms with Crippen LogP contribution in [0.1, 0.15) is 5.56 Å². The lowest BCUT2D eigenvalue weighted by molar-refractivity contribution is 1.70. The number of hydrogen-bond donors (Lipinski definition) is 0. The van der Waals surface area contributed by atoms with E-state index in [1.165, 1.54) is 10.1 Å². The Hall–Kier alpha value is -0.820. The predicted octanol–water partition coefficient (Wildman–Crippen LogP) is 3.08. The normalized spacial score (nSPS) is 10.5. The lowest BCUT2D eigenvalue weighted by Crippen LogP contribution is -1.66. The lowest BCUT2D eigenvalue weighted by atomic mass is 10.2. The predicted molar refractivity (Wildman–Crippen MR) is 46.3 cm³/mol. The minimum atomic E-state index is 1.09. The summed E-state index contributed by atoms with van der Waals surface area (Å²) in [6.07, 6.45) is 0. The van der Waals surface area contributed by atoms with Crippen molar-refractivity contribution in [2.24, 2.45) is 0 Å². The van der Waals surface area contributed by atoms with Crippen LogP contribution in [-0.4, -0.2) is 0 Å². The van der Waals surface area contributed by atoms with Crippen LogP contribution in [0.3, 0.4) is 0 Å². The van der Waals surface area contributed by atoms with Crippen molar-refractivity contribution >= 4 is 21.4 Å². The standard InChI is InChI=1S/C9H7S/c1-7-2-3-8-4-5-10-9(8)6-7/h2-6H,1H2. The highest BCUT2D eigenvalue weighted by Crippen LogP contribution is 2.20. The Morgan fingerprint density at radius 3 is 3.00 bits per heavy atom. The van der Waals surface area contributed by atoms with Crippen LogP contribution >= 0.6 is 11.3 Å². The van der Waals surface area contributed by atoms with Crippen molar-refractivity contribution in [2.75, 3.05) is 0 Å². The Balaban J connectivity index is 2.86. The van der Waals surface area contributed by atoms with E-state index in [0.29, 0.717) is 0 Å². The number of fused-ring (bicyclic) bond motifs is 1. The van der Waals surface area contributed by atoms with Crippen LogP contribution in [0.15, 0.2) is 29.6 Å². The summed E-state index contributed by atoms with van der Waals surface area (Å²) in [5.41, 5.74) is 1.09. The van der Waals surface area contributed by atoms with Crippen LogP contribution in [0.5, 0.6) is 0 Å². The van der Waals surface area contributed by atoms with Gasteiger partial charge in [-0.1, -0.05) is 12.1 Å². The van der Waals surface area contributed by atoms with E-state index >= 15 is 0 Å². The first-order valence-corrected chi connectivity index (χ1v) is 4.03. The molecule has 0 aliphatic rings. The van der Waals surface area contributed by atoms with E-state index in [1.54, 1.807) is 11.3 Å². The fraction of sp³-hybridized carbons (Fsp3) is 0. The fourth-order valence-electron chi connectivity index (χ4n) is 0.999. The average molecular weight is 147 g/mol. The molecule has 1 aromatic carbocycles. The third-order valence-electron chi connectivity index (χ3n) is 1.52. The molecule has 1 aromatic heterocycles. The van der Waals surface area contributed by atoms with E-state index in [0.717, 1.165) is 5.56 Å². The Bertz CT molecular complexity index is 346. The smallest absolute Gasteiger partial charge is 0.0345 e. The van der Waals surface area contributed by atoms with Crippen LogP contribution in [0.2, 0.25) is 0 Å². The molecule has 1 heteroatoms. The molecule has 49 valence electrons. The lowest BCUT2D eigenvalue weighted by Gasteiger charge is -1.89. The molecule has 0 aliphatic heterocycles. The summed E-state index contributed by atoms with van der Waals surface area (Å²) >= 11 is 1.76. The number of hydrogen-bond acceptors (Lipinski definition) is 1. The molecule has 0 atom stereocenters. The zero-order chi connectivity index (χ0) is 6.97. The first kappa shape index (κ1) is 5.93. The van der Waals surface area contributed by atoms with Crippen molar-refractivity contribution in [3.63, 3.8) is 0 Å². The van der Waals surface area contributed by atoms with Gasteiger partial charge in [-0.2, -0.15) is 0 Å². The van der Waals surface area contributed by atoms with Crippen LogP contribution in [0.4, 0.5) is 0 Å². The fourth-order valence-corrected chi connectivity index (χ4v) is 1.85. The first-order valence-electron chi connectivity index (χ1n) is 3.15. The summed E-state index contributed by atoms with van der Waals surface area (Å²) < 4.78 is 1.33. The van der Waals surface area contributed by atoms with Gasteiger partial charge in [0.15, 0.2) is 0 Å². The van der Waals surface area contributed by atoms with Gasteiger partial charge in [0.25, 0.3) is 0 Å². The van der Waals surface area contributed by atoms with Gasteiger partial charge in [-0.15, -0.1) is 11.3 Å². The van der Waals surface area contributed by atoms with Crippen LogP contribution in [-0.2, 0) is 0 Å². The van der Waals surface area contributed by atoms with E-state index in [4.69, 9.17) is 0 Å². The molecule has 0 fully saturated rings. The molecule has 0 saturated carbocycles. The molecule has 2 aromatic rings. The maximum atomic E-state index is 3.86. The highest BCUT2D eigenvalue weighted by Gasteiger charge is 1.91. The number of rotatable bonds is 0. The Labute approximate surface area is 64.1 Å². The minimum Gasteiger partial charge on any atom is -0.144 e. The van der Waals surface area contributed by atoms with Crippen molar-refractivity contribution in [3.8, 4) is 0 Å². The van der Waals surface area contributed by atoms with Gasteiger partial charge in [-0.3, -0.25) is 0 Å². The summed E-state index contributed by atoms with van der Waals surface area (Å²) in [6.45, 7) is 3.86. The van der Waals surface area contributed by atoms with Crippen LogP contribution in [0.25, 0.3) is 10.1 Å². The maximum Gasteiger partial charge on any atom is 0.0345 e. The molecule has 0 N–H and O–H groups in total. The molecule has 0 nitrogen and oxygen atoms in total. The van der Waals surface area contributed by atoms with Crippen molar-refractivity contribution in [3.05, 3.63) is 42.1 Å². The third kappa shape index (κ3) is 0.830. The van der Waals surface area contributed by atoms with Gasteiger partial charge in [0.05, 0.1) is 0 Å². The summed E-state index contributed by atoms with van der Waals surface area (Å²) in [5, 5.41) is 3.42. The molecule has 0 amide bonds. The first-order chi connectivity index (χ1) is 4.86. The highest BCUT2D eigenvalue weighted by atomic mass is 32.1. The quantitative estimate of drug-likeness (QED) is 0.537. The molecule has 0 unspecified atom stereocenters. The van der Waals surface area contributed by atoms with Gasteiger partial charge >= 0.3 is 0 Å². The molecule has 1 heterocycles. The average Bonchev–Trinajstić information content (AvgIpc) is 2.33. The zero-order valence-electron chi connectivity index (χ0n) is 5.50. The monoisotopic (exact) mass is 147 g/mol. The van der Waals surface area contributed by atoms with Crippen LogP contribution < -0.4 is 0 Å². The minimum absolute atomic E-state index is 1.09. The van der Waals surface area contributed by atoms with Gasteiger partial charge in [0.2, 0.25) is 0 Å².